The smallest absolute Gasteiger partial charge is 0.196 e. The predicted molar refractivity (Wildman–Crippen MR) is 109 cm³/mol. The molecule has 4 nitrogen and oxygen atoms in total. The van der Waals surface area contributed by atoms with E-state index in [2.05, 4.69) is 22.0 Å². The fraction of sp³-hybridized carbons (Fsp3) is 0.174. The van der Waals surface area contributed by atoms with Crippen LogP contribution in [0.25, 0.3) is 17.0 Å². The molecule has 0 saturated heterocycles. The zero-order valence-corrected chi connectivity index (χ0v) is 15.1. The first-order chi connectivity index (χ1) is 13.2. The van der Waals surface area contributed by atoms with Crippen molar-refractivity contribution < 1.29 is 4.79 Å². The largest absolute Gasteiger partial charge is 0.310 e. The van der Waals surface area contributed by atoms with Crippen LogP contribution in [-0.4, -0.2) is 29.7 Å². The van der Waals surface area contributed by atoms with Gasteiger partial charge in [-0.3, -0.25) is 9.79 Å². The van der Waals surface area contributed by atoms with E-state index < -0.39 is 0 Å². The summed E-state index contributed by atoms with van der Waals surface area (Å²) in [5.41, 5.74) is 4.43. The number of aryl methyl sites for hydroxylation is 1. The summed E-state index contributed by atoms with van der Waals surface area (Å²) in [4.78, 5) is 24.9. The minimum atomic E-state index is 0.0134. The number of para-hydroxylation sites is 1. The van der Waals surface area contributed by atoms with Crippen LogP contribution in [0.1, 0.15) is 27.9 Å². The van der Waals surface area contributed by atoms with Crippen molar-refractivity contribution in [2.75, 3.05) is 18.0 Å². The number of hydrogen-bond donors (Lipinski definition) is 0. The number of aliphatic imine (C=N–C) groups is 1. The number of nitrogens with zero attached hydrogens (tertiary/aromatic N) is 3. The first-order valence-corrected chi connectivity index (χ1v) is 9.26. The van der Waals surface area contributed by atoms with Gasteiger partial charge in [0.2, 0.25) is 0 Å². The number of hydrogen-bond acceptors (Lipinski definition) is 4. The topological polar surface area (TPSA) is 45.6 Å². The van der Waals surface area contributed by atoms with E-state index in [0.717, 1.165) is 53.2 Å². The van der Waals surface area contributed by atoms with Gasteiger partial charge in [-0.1, -0.05) is 48.0 Å². The van der Waals surface area contributed by atoms with E-state index >= 15 is 0 Å². The van der Waals surface area contributed by atoms with Crippen LogP contribution < -0.4 is 4.90 Å². The van der Waals surface area contributed by atoms with Crippen LogP contribution in [0, 0.1) is 6.92 Å². The zero-order valence-electron chi connectivity index (χ0n) is 15.1. The minimum absolute atomic E-state index is 0.0134. The molecule has 3 aromatic rings. The second kappa shape index (κ2) is 6.16. The summed E-state index contributed by atoms with van der Waals surface area (Å²) >= 11 is 0. The summed E-state index contributed by atoms with van der Waals surface area (Å²) < 4.78 is 0. The minimum Gasteiger partial charge on any atom is -0.310 e. The van der Waals surface area contributed by atoms with Gasteiger partial charge in [0.15, 0.2) is 5.78 Å². The molecule has 0 unspecified atom stereocenters. The Hall–Kier alpha value is -3.27. The Balaban J connectivity index is 1.69. The molecule has 0 fully saturated rings. The number of pyridine rings is 1. The Morgan fingerprint density at radius 3 is 2.74 bits per heavy atom. The van der Waals surface area contributed by atoms with Gasteiger partial charge in [-0.2, -0.15) is 0 Å². The highest BCUT2D eigenvalue weighted by molar-refractivity contribution is 6.35. The van der Waals surface area contributed by atoms with Crippen molar-refractivity contribution >= 4 is 34.4 Å². The summed E-state index contributed by atoms with van der Waals surface area (Å²) in [6.07, 6.45) is 2.92. The van der Waals surface area contributed by atoms with Crippen molar-refractivity contribution in [3.05, 3.63) is 76.9 Å². The Labute approximate surface area is 157 Å². The highest BCUT2D eigenvalue weighted by Crippen LogP contribution is 2.33. The third-order valence-corrected chi connectivity index (χ3v) is 5.14. The van der Waals surface area contributed by atoms with Crippen LogP contribution in [-0.2, 0) is 0 Å². The van der Waals surface area contributed by atoms with E-state index in [9.17, 15) is 4.79 Å². The van der Waals surface area contributed by atoms with Crippen LogP contribution in [0.5, 0.6) is 0 Å². The van der Waals surface area contributed by atoms with Gasteiger partial charge in [0, 0.05) is 29.6 Å². The Morgan fingerprint density at radius 2 is 1.89 bits per heavy atom. The Kier molecular flexibility index (Phi) is 3.64. The van der Waals surface area contributed by atoms with Crippen LogP contribution in [0.2, 0.25) is 0 Å². The monoisotopic (exact) mass is 353 g/mol. The number of carbonyl (C=O) groups excluding carboxylic acids is 1. The molecule has 0 spiro atoms. The molecule has 0 bridgehead atoms. The van der Waals surface area contributed by atoms with Crippen LogP contribution in [0.3, 0.4) is 0 Å². The van der Waals surface area contributed by atoms with E-state index in [0.29, 0.717) is 11.1 Å². The molecule has 3 heterocycles. The predicted octanol–water partition coefficient (Wildman–Crippen LogP) is 4.43. The van der Waals surface area contributed by atoms with Gasteiger partial charge in [0.1, 0.15) is 11.7 Å². The number of benzene rings is 2. The molecule has 0 N–H and O–H groups in total. The molecule has 4 heteroatoms. The van der Waals surface area contributed by atoms with E-state index in [-0.39, 0.29) is 5.78 Å². The number of amidine groups is 1. The first-order valence-electron chi connectivity index (χ1n) is 9.26. The SMILES string of the molecule is Cc1ccc(C(=O)C2=Cc3cc4ccccc4nc3N3CCCN=C23)cc1. The molecule has 2 aromatic carbocycles. The van der Waals surface area contributed by atoms with E-state index in [1.165, 1.54) is 0 Å². The average molecular weight is 353 g/mol. The number of ketones is 1. The van der Waals surface area contributed by atoms with Crippen molar-refractivity contribution in [2.45, 2.75) is 13.3 Å². The van der Waals surface area contributed by atoms with Gasteiger partial charge < -0.3 is 4.90 Å². The van der Waals surface area contributed by atoms with Crippen molar-refractivity contribution in [3.63, 3.8) is 0 Å². The van der Waals surface area contributed by atoms with Crippen molar-refractivity contribution in [2.24, 2.45) is 4.99 Å². The van der Waals surface area contributed by atoms with Gasteiger partial charge in [0.25, 0.3) is 0 Å². The Bertz CT molecular complexity index is 1130. The van der Waals surface area contributed by atoms with Gasteiger partial charge in [-0.25, -0.2) is 4.98 Å². The maximum atomic E-state index is 13.2. The normalized spacial score (nSPS) is 15.7. The summed E-state index contributed by atoms with van der Waals surface area (Å²) in [6.45, 7) is 3.59. The maximum absolute atomic E-state index is 13.2. The van der Waals surface area contributed by atoms with Gasteiger partial charge in [-0.05, 0) is 31.6 Å². The lowest BCUT2D eigenvalue weighted by molar-refractivity contribution is 0.104. The van der Waals surface area contributed by atoms with Crippen LogP contribution in [0.15, 0.2) is 65.2 Å². The van der Waals surface area contributed by atoms with E-state index in [1.54, 1.807) is 0 Å². The summed E-state index contributed by atoms with van der Waals surface area (Å²) in [7, 11) is 0. The fourth-order valence-corrected chi connectivity index (χ4v) is 3.73. The molecule has 132 valence electrons. The number of fused-ring (bicyclic) bond motifs is 4. The lowest BCUT2D eigenvalue weighted by Crippen LogP contribution is -2.41. The van der Waals surface area contributed by atoms with Crippen LogP contribution in [0.4, 0.5) is 5.82 Å². The van der Waals surface area contributed by atoms with Crippen LogP contribution >= 0.6 is 0 Å². The molecule has 0 aliphatic carbocycles. The molecule has 1 aromatic heterocycles. The summed E-state index contributed by atoms with van der Waals surface area (Å²) in [5.74, 6) is 1.66. The van der Waals surface area contributed by atoms with Crippen molar-refractivity contribution in [1.82, 2.24) is 4.98 Å². The summed E-state index contributed by atoms with van der Waals surface area (Å²) in [5, 5.41) is 1.08. The standard InChI is InChI=1S/C23H19N3O/c1-15-7-9-16(10-8-15)21(27)19-14-18-13-17-5-2-3-6-20(17)25-22(18)26-12-4-11-24-23(19)26/h2-3,5-10,13-14H,4,11-12H2,1H3. The first kappa shape index (κ1) is 15.9. The Morgan fingerprint density at radius 1 is 1.07 bits per heavy atom. The third-order valence-electron chi connectivity index (χ3n) is 5.14. The van der Waals surface area contributed by atoms with Gasteiger partial charge in [-0.15, -0.1) is 0 Å². The highest BCUT2D eigenvalue weighted by atomic mass is 16.1. The summed E-state index contributed by atoms with van der Waals surface area (Å²) in [6, 6.07) is 17.9. The van der Waals surface area contributed by atoms with Gasteiger partial charge in [0.05, 0.1) is 11.1 Å². The molecule has 0 amide bonds. The molecule has 27 heavy (non-hydrogen) atoms. The molecular formula is C23H19N3O. The third kappa shape index (κ3) is 2.65. The second-order valence-corrected chi connectivity index (χ2v) is 7.06. The highest BCUT2D eigenvalue weighted by Gasteiger charge is 2.31. The van der Waals surface area contributed by atoms with Crippen molar-refractivity contribution in [1.29, 1.82) is 0 Å². The number of anilines is 1. The maximum Gasteiger partial charge on any atom is 0.196 e. The molecule has 5 rings (SSSR count). The molecule has 2 aliphatic rings. The number of rotatable bonds is 2. The van der Waals surface area contributed by atoms with E-state index in [4.69, 9.17) is 4.98 Å². The number of aromatic nitrogens is 1. The molecule has 0 atom stereocenters. The molecule has 2 aliphatic heterocycles. The second-order valence-electron chi connectivity index (χ2n) is 7.06. The lowest BCUT2D eigenvalue weighted by Gasteiger charge is -2.33. The average Bonchev–Trinajstić information content (AvgIpc) is 2.72. The molecule has 0 radical (unpaired) electrons. The van der Waals surface area contributed by atoms with E-state index in [1.807, 2.05) is 55.5 Å². The number of Topliss-reactive ketones (excluding diaryl/α,β-unsaturated/α-hetero) is 1. The lowest BCUT2D eigenvalue weighted by atomic mass is 9.94. The quantitative estimate of drug-likeness (QED) is 0.640. The fourth-order valence-electron chi connectivity index (χ4n) is 3.73. The van der Waals surface area contributed by atoms with Crippen molar-refractivity contribution in [3.8, 4) is 0 Å². The molecule has 0 saturated carbocycles. The molecular weight excluding hydrogens is 334 g/mol. The number of carbonyl (C=O) groups is 1. The van der Waals surface area contributed by atoms with Gasteiger partial charge >= 0.3 is 0 Å². The zero-order chi connectivity index (χ0) is 18.4.